The van der Waals surface area contributed by atoms with Gasteiger partial charge in [0, 0.05) is 11.1 Å². The lowest BCUT2D eigenvalue weighted by molar-refractivity contribution is -0.113. The highest BCUT2D eigenvalue weighted by Crippen LogP contribution is 2.32. The second-order valence-corrected chi connectivity index (χ2v) is 5.75. The molecule has 2 amide bonds. The molecule has 0 N–H and O–H groups in total. The normalized spacial score (nSPS) is 15.6. The first-order chi connectivity index (χ1) is 11.5. The molecule has 0 fully saturated rings. The number of aryl methyl sites for hydroxylation is 2. The van der Waals surface area contributed by atoms with Crippen LogP contribution < -0.4 is 4.90 Å². The van der Waals surface area contributed by atoms with E-state index in [4.69, 9.17) is 4.74 Å². The van der Waals surface area contributed by atoms with E-state index in [1.54, 1.807) is 24.3 Å². The summed E-state index contributed by atoms with van der Waals surface area (Å²) < 4.78 is 5.34. The van der Waals surface area contributed by atoms with Gasteiger partial charge in [-0.1, -0.05) is 24.3 Å². The number of nitrogens with zero attached hydrogens (tertiary/aromatic N) is 1. The molecule has 2 aromatic carbocycles. The first-order valence-electron chi connectivity index (χ1n) is 7.91. The minimum absolute atomic E-state index is 0.312. The van der Waals surface area contributed by atoms with Crippen molar-refractivity contribution in [2.24, 2.45) is 0 Å². The molecular weight excluding hydrogens is 302 g/mol. The van der Waals surface area contributed by atoms with Gasteiger partial charge in [-0.2, -0.15) is 0 Å². The van der Waals surface area contributed by atoms with Gasteiger partial charge < -0.3 is 4.74 Å². The van der Waals surface area contributed by atoms with Crippen LogP contribution in [0.4, 0.5) is 5.69 Å². The van der Waals surface area contributed by atoms with Crippen molar-refractivity contribution in [3.05, 3.63) is 71.0 Å². The van der Waals surface area contributed by atoms with Crippen molar-refractivity contribution in [1.82, 2.24) is 0 Å². The zero-order chi connectivity index (χ0) is 17.3. The number of benzene rings is 2. The first-order valence-corrected chi connectivity index (χ1v) is 7.91. The lowest BCUT2D eigenvalue weighted by Crippen LogP contribution is -2.42. The van der Waals surface area contributed by atoms with Gasteiger partial charge in [0.05, 0.1) is 24.1 Å². The van der Waals surface area contributed by atoms with Gasteiger partial charge in [0.15, 0.2) is 0 Å². The number of amides is 2. The molecule has 0 spiro atoms. The average Bonchev–Trinajstić information content (AvgIpc) is 2.58. The SMILES string of the molecule is CCO/C=C1/C(=O)N(c2ccc(C)c(C)c2)C(=O)c2ccccc21. The number of ether oxygens (including phenoxy) is 1. The Bertz CT molecular complexity index is 852. The van der Waals surface area contributed by atoms with E-state index in [0.29, 0.717) is 29.0 Å². The Morgan fingerprint density at radius 1 is 0.958 bits per heavy atom. The maximum atomic E-state index is 13.0. The van der Waals surface area contributed by atoms with Crippen molar-refractivity contribution in [3.63, 3.8) is 0 Å². The molecule has 1 aliphatic heterocycles. The van der Waals surface area contributed by atoms with E-state index in [0.717, 1.165) is 11.1 Å². The summed E-state index contributed by atoms with van der Waals surface area (Å²) in [5, 5.41) is 0. The molecule has 0 bridgehead atoms. The van der Waals surface area contributed by atoms with Gasteiger partial charge >= 0.3 is 0 Å². The summed E-state index contributed by atoms with van der Waals surface area (Å²) in [4.78, 5) is 27.1. The minimum Gasteiger partial charge on any atom is -0.501 e. The molecule has 0 atom stereocenters. The van der Waals surface area contributed by atoms with Crippen molar-refractivity contribution in [3.8, 4) is 0 Å². The van der Waals surface area contributed by atoms with Gasteiger partial charge in [0.25, 0.3) is 11.8 Å². The van der Waals surface area contributed by atoms with E-state index in [-0.39, 0.29) is 11.8 Å². The van der Waals surface area contributed by atoms with Crippen LogP contribution >= 0.6 is 0 Å². The van der Waals surface area contributed by atoms with Gasteiger partial charge in [-0.05, 0) is 50.1 Å². The molecule has 0 unspecified atom stereocenters. The van der Waals surface area contributed by atoms with Crippen LogP contribution in [0, 0.1) is 13.8 Å². The molecule has 1 heterocycles. The number of hydrogen-bond acceptors (Lipinski definition) is 3. The third-order valence-corrected chi connectivity index (χ3v) is 4.20. The zero-order valence-electron chi connectivity index (χ0n) is 14.0. The summed E-state index contributed by atoms with van der Waals surface area (Å²) in [5.74, 6) is -0.678. The van der Waals surface area contributed by atoms with Crippen LogP contribution in [-0.2, 0) is 9.53 Å². The summed E-state index contributed by atoms with van der Waals surface area (Å²) in [7, 11) is 0. The highest BCUT2D eigenvalue weighted by atomic mass is 16.5. The maximum Gasteiger partial charge on any atom is 0.269 e. The molecule has 4 nitrogen and oxygen atoms in total. The summed E-state index contributed by atoms with van der Waals surface area (Å²) in [6.45, 7) is 6.26. The fraction of sp³-hybridized carbons (Fsp3) is 0.200. The van der Waals surface area contributed by atoms with Crippen LogP contribution in [0.3, 0.4) is 0 Å². The van der Waals surface area contributed by atoms with Crippen LogP contribution in [0.25, 0.3) is 5.57 Å². The quantitative estimate of drug-likeness (QED) is 0.490. The summed E-state index contributed by atoms with van der Waals surface area (Å²) >= 11 is 0. The van der Waals surface area contributed by atoms with Gasteiger partial charge in [-0.3, -0.25) is 9.59 Å². The maximum absolute atomic E-state index is 13.0. The minimum atomic E-state index is -0.365. The predicted molar refractivity (Wildman–Crippen MR) is 93.8 cm³/mol. The summed E-state index contributed by atoms with van der Waals surface area (Å²) in [6, 6.07) is 12.7. The molecule has 1 aliphatic rings. The molecule has 4 heteroatoms. The number of imide groups is 1. The summed E-state index contributed by atoms with van der Waals surface area (Å²) in [5.41, 5.74) is 4.22. The largest absolute Gasteiger partial charge is 0.501 e. The van der Waals surface area contributed by atoms with E-state index in [9.17, 15) is 9.59 Å². The summed E-state index contributed by atoms with van der Waals surface area (Å²) in [6.07, 6.45) is 1.45. The van der Waals surface area contributed by atoms with Crippen molar-refractivity contribution in [1.29, 1.82) is 0 Å². The van der Waals surface area contributed by atoms with Crippen molar-refractivity contribution in [2.75, 3.05) is 11.5 Å². The Morgan fingerprint density at radius 3 is 2.33 bits per heavy atom. The topological polar surface area (TPSA) is 46.6 Å². The lowest BCUT2D eigenvalue weighted by atomic mass is 9.93. The monoisotopic (exact) mass is 321 g/mol. The second kappa shape index (κ2) is 6.32. The Morgan fingerprint density at radius 2 is 1.67 bits per heavy atom. The van der Waals surface area contributed by atoms with E-state index >= 15 is 0 Å². The van der Waals surface area contributed by atoms with Crippen LogP contribution in [0.5, 0.6) is 0 Å². The van der Waals surface area contributed by atoms with E-state index in [2.05, 4.69) is 0 Å². The van der Waals surface area contributed by atoms with Crippen molar-refractivity contribution < 1.29 is 14.3 Å². The molecule has 2 aromatic rings. The smallest absolute Gasteiger partial charge is 0.269 e. The number of carbonyl (C=O) groups is 2. The Hall–Kier alpha value is -2.88. The van der Waals surface area contributed by atoms with E-state index in [1.165, 1.54) is 11.2 Å². The standard InChI is InChI=1S/C20H19NO3/c1-4-24-12-18-16-7-5-6-8-17(16)19(22)21(20(18)23)15-10-9-13(2)14(3)11-15/h5-12H,4H2,1-3H3/b18-12+. The van der Waals surface area contributed by atoms with Crippen LogP contribution in [0.15, 0.2) is 48.7 Å². The van der Waals surface area contributed by atoms with Gasteiger partial charge in [-0.15, -0.1) is 0 Å². The van der Waals surface area contributed by atoms with Gasteiger partial charge in [0.2, 0.25) is 0 Å². The average molecular weight is 321 g/mol. The first kappa shape index (κ1) is 16.0. The zero-order valence-corrected chi connectivity index (χ0v) is 14.0. The highest BCUT2D eigenvalue weighted by molar-refractivity contribution is 6.40. The van der Waals surface area contributed by atoms with Crippen LogP contribution in [-0.4, -0.2) is 18.4 Å². The Balaban J connectivity index is 2.16. The highest BCUT2D eigenvalue weighted by Gasteiger charge is 2.36. The number of anilines is 1. The predicted octanol–water partition coefficient (Wildman–Crippen LogP) is 3.87. The number of rotatable bonds is 3. The van der Waals surface area contributed by atoms with Gasteiger partial charge in [-0.25, -0.2) is 4.90 Å². The third-order valence-electron chi connectivity index (χ3n) is 4.20. The van der Waals surface area contributed by atoms with Crippen molar-refractivity contribution >= 4 is 23.1 Å². The number of carbonyl (C=O) groups excluding carboxylic acids is 2. The molecule has 0 aromatic heterocycles. The molecular formula is C20H19NO3. The molecule has 24 heavy (non-hydrogen) atoms. The Kier molecular flexibility index (Phi) is 4.21. The molecule has 0 saturated carbocycles. The van der Waals surface area contributed by atoms with Crippen LogP contribution in [0.2, 0.25) is 0 Å². The molecule has 0 saturated heterocycles. The number of fused-ring (bicyclic) bond motifs is 1. The number of hydrogen-bond donors (Lipinski definition) is 0. The van der Waals surface area contributed by atoms with E-state index in [1.807, 2.05) is 39.0 Å². The lowest BCUT2D eigenvalue weighted by Gasteiger charge is -2.28. The van der Waals surface area contributed by atoms with E-state index < -0.39 is 0 Å². The van der Waals surface area contributed by atoms with Gasteiger partial charge in [0.1, 0.15) is 0 Å². The molecule has 3 rings (SSSR count). The Labute approximate surface area is 141 Å². The molecule has 122 valence electrons. The fourth-order valence-corrected chi connectivity index (χ4v) is 2.73. The molecule has 0 aliphatic carbocycles. The fourth-order valence-electron chi connectivity index (χ4n) is 2.73. The van der Waals surface area contributed by atoms with Crippen molar-refractivity contribution in [2.45, 2.75) is 20.8 Å². The molecule has 0 radical (unpaired) electrons. The van der Waals surface area contributed by atoms with Crippen LogP contribution in [0.1, 0.15) is 34.0 Å². The second-order valence-electron chi connectivity index (χ2n) is 5.75. The third kappa shape index (κ3) is 2.60.